The van der Waals surface area contributed by atoms with E-state index in [1.807, 2.05) is 48.7 Å². The van der Waals surface area contributed by atoms with Crippen LogP contribution in [0.15, 0.2) is 66.0 Å². The summed E-state index contributed by atoms with van der Waals surface area (Å²) in [7, 11) is 0. The number of hydrogen-bond acceptors (Lipinski definition) is 5. The van der Waals surface area contributed by atoms with Crippen molar-refractivity contribution in [3.05, 3.63) is 82.0 Å². The molecule has 7 heteroatoms. The van der Waals surface area contributed by atoms with Crippen molar-refractivity contribution < 1.29 is 19.1 Å². The van der Waals surface area contributed by atoms with Gasteiger partial charge in [-0.2, -0.15) is 0 Å². The number of nitrogens with one attached hydrogen (secondary N) is 1. The van der Waals surface area contributed by atoms with Gasteiger partial charge in [0.25, 0.3) is 0 Å². The van der Waals surface area contributed by atoms with Crippen LogP contribution >= 0.6 is 11.3 Å². The topological polar surface area (TPSA) is 75.7 Å². The SMILES string of the molecule is CCOc1ccc([C@H](C(=O)NC2CCCCC2)N(C(=O)Cc2cccs2)c2cccc(C(C)=O)c2)cc1. The van der Waals surface area contributed by atoms with Gasteiger partial charge in [-0.05, 0) is 68.0 Å². The Kier molecular flexibility index (Phi) is 9.12. The largest absolute Gasteiger partial charge is 0.494 e. The molecule has 1 fully saturated rings. The third kappa shape index (κ3) is 6.86. The second-order valence-corrected chi connectivity index (χ2v) is 10.4. The van der Waals surface area contributed by atoms with E-state index in [-0.39, 0.29) is 30.1 Å². The van der Waals surface area contributed by atoms with Crippen LogP contribution in [-0.4, -0.2) is 30.2 Å². The number of thiophene rings is 1. The van der Waals surface area contributed by atoms with E-state index < -0.39 is 6.04 Å². The summed E-state index contributed by atoms with van der Waals surface area (Å²) >= 11 is 1.51. The molecule has 6 nitrogen and oxygen atoms in total. The molecule has 1 aromatic heterocycles. The van der Waals surface area contributed by atoms with Gasteiger partial charge in [0.15, 0.2) is 5.78 Å². The lowest BCUT2D eigenvalue weighted by Gasteiger charge is -2.33. The van der Waals surface area contributed by atoms with E-state index >= 15 is 0 Å². The van der Waals surface area contributed by atoms with E-state index in [4.69, 9.17) is 4.74 Å². The molecular weight excluding hydrogens is 484 g/mol. The Morgan fingerprint density at radius 2 is 1.78 bits per heavy atom. The summed E-state index contributed by atoms with van der Waals surface area (Å²) < 4.78 is 5.61. The van der Waals surface area contributed by atoms with E-state index in [9.17, 15) is 14.4 Å². The molecule has 37 heavy (non-hydrogen) atoms. The number of anilines is 1. The lowest BCUT2D eigenvalue weighted by Crippen LogP contribution is -2.47. The van der Waals surface area contributed by atoms with Crippen molar-refractivity contribution in [2.45, 2.75) is 64.5 Å². The van der Waals surface area contributed by atoms with Gasteiger partial charge in [0.05, 0.1) is 13.0 Å². The molecular formula is C30H34N2O4S. The van der Waals surface area contributed by atoms with Crippen LogP contribution in [0.4, 0.5) is 5.69 Å². The highest BCUT2D eigenvalue weighted by molar-refractivity contribution is 7.10. The Morgan fingerprint density at radius 1 is 1.03 bits per heavy atom. The van der Waals surface area contributed by atoms with Crippen molar-refractivity contribution in [1.82, 2.24) is 5.32 Å². The normalized spacial score (nSPS) is 14.5. The van der Waals surface area contributed by atoms with Crippen LogP contribution in [0.3, 0.4) is 0 Å². The average Bonchev–Trinajstić information content (AvgIpc) is 3.41. The lowest BCUT2D eigenvalue weighted by molar-refractivity contribution is -0.127. The number of Topliss-reactive ketones (excluding diaryl/α,β-unsaturated/α-hetero) is 1. The molecule has 1 N–H and O–H groups in total. The molecule has 1 saturated carbocycles. The molecule has 0 saturated heterocycles. The van der Waals surface area contributed by atoms with Gasteiger partial charge in [-0.1, -0.05) is 49.6 Å². The van der Waals surface area contributed by atoms with Crippen LogP contribution in [0.25, 0.3) is 0 Å². The quantitative estimate of drug-likeness (QED) is 0.328. The fourth-order valence-electron chi connectivity index (χ4n) is 4.82. The molecule has 0 radical (unpaired) electrons. The van der Waals surface area contributed by atoms with E-state index in [0.29, 0.717) is 29.2 Å². The maximum atomic E-state index is 14.0. The summed E-state index contributed by atoms with van der Waals surface area (Å²) in [6, 6.07) is 17.3. The lowest BCUT2D eigenvalue weighted by atomic mass is 9.94. The van der Waals surface area contributed by atoms with Crippen molar-refractivity contribution in [2.75, 3.05) is 11.5 Å². The number of benzene rings is 2. The average molecular weight is 519 g/mol. The number of nitrogens with zero attached hydrogens (tertiary/aromatic N) is 1. The summed E-state index contributed by atoms with van der Waals surface area (Å²) in [5.74, 6) is 0.175. The molecule has 0 bridgehead atoms. The Labute approximate surface area is 222 Å². The van der Waals surface area contributed by atoms with Gasteiger partial charge in [-0.3, -0.25) is 19.3 Å². The first-order valence-electron chi connectivity index (χ1n) is 12.9. The Hall–Kier alpha value is -3.45. The number of hydrogen-bond donors (Lipinski definition) is 1. The van der Waals surface area contributed by atoms with Crippen LogP contribution in [0.2, 0.25) is 0 Å². The van der Waals surface area contributed by atoms with Crippen LogP contribution in [0.5, 0.6) is 5.75 Å². The summed E-state index contributed by atoms with van der Waals surface area (Å²) in [4.78, 5) is 42.5. The number of ketones is 1. The highest BCUT2D eigenvalue weighted by atomic mass is 32.1. The van der Waals surface area contributed by atoms with Crippen molar-refractivity contribution in [1.29, 1.82) is 0 Å². The van der Waals surface area contributed by atoms with Crippen molar-refractivity contribution in [3.63, 3.8) is 0 Å². The zero-order valence-corrected chi connectivity index (χ0v) is 22.3. The Morgan fingerprint density at radius 3 is 2.43 bits per heavy atom. The van der Waals surface area contributed by atoms with Gasteiger partial charge >= 0.3 is 0 Å². The number of ether oxygens (including phenoxy) is 1. The molecule has 1 atom stereocenters. The zero-order valence-electron chi connectivity index (χ0n) is 21.4. The monoisotopic (exact) mass is 518 g/mol. The number of carbonyl (C=O) groups is 3. The first kappa shape index (κ1) is 26.6. The van der Waals surface area contributed by atoms with Crippen LogP contribution in [0, 0.1) is 0 Å². The Balaban J connectivity index is 1.77. The molecule has 0 spiro atoms. The molecule has 2 amide bonds. The molecule has 194 valence electrons. The summed E-state index contributed by atoms with van der Waals surface area (Å²) in [5.41, 5.74) is 1.70. The highest BCUT2D eigenvalue weighted by Gasteiger charge is 2.34. The van der Waals surface area contributed by atoms with Crippen molar-refractivity contribution in [3.8, 4) is 5.75 Å². The molecule has 2 aromatic carbocycles. The standard InChI is InChI=1S/C30H34N2O4S/c1-3-36-26-16-14-22(15-17-26)29(30(35)31-24-10-5-4-6-11-24)32(28(34)20-27-13-8-18-37-27)25-12-7-9-23(19-25)21(2)33/h7-9,12-19,24,29H,3-6,10-11,20H2,1-2H3,(H,31,35)/t29-/m1/s1. The number of rotatable bonds is 10. The minimum atomic E-state index is -0.896. The second-order valence-electron chi connectivity index (χ2n) is 9.37. The molecule has 3 aromatic rings. The molecule has 0 unspecified atom stereocenters. The maximum Gasteiger partial charge on any atom is 0.248 e. The molecule has 1 heterocycles. The number of carbonyl (C=O) groups excluding carboxylic acids is 3. The third-order valence-electron chi connectivity index (χ3n) is 6.67. The van der Waals surface area contributed by atoms with Gasteiger partial charge in [0, 0.05) is 22.2 Å². The van der Waals surface area contributed by atoms with Crippen LogP contribution in [0.1, 0.15) is 72.8 Å². The fraction of sp³-hybridized carbons (Fsp3) is 0.367. The van der Waals surface area contributed by atoms with Gasteiger partial charge in [-0.15, -0.1) is 11.3 Å². The van der Waals surface area contributed by atoms with Crippen molar-refractivity contribution in [2.24, 2.45) is 0 Å². The summed E-state index contributed by atoms with van der Waals surface area (Å²) in [6.07, 6.45) is 5.38. The summed E-state index contributed by atoms with van der Waals surface area (Å²) in [6.45, 7) is 3.95. The zero-order chi connectivity index (χ0) is 26.2. The first-order valence-corrected chi connectivity index (χ1v) is 13.8. The maximum absolute atomic E-state index is 14.0. The van der Waals surface area contributed by atoms with E-state index in [2.05, 4.69) is 5.32 Å². The molecule has 4 rings (SSSR count). The Bertz CT molecular complexity index is 1200. The second kappa shape index (κ2) is 12.7. The van der Waals surface area contributed by atoms with E-state index in [1.165, 1.54) is 24.7 Å². The van der Waals surface area contributed by atoms with Gasteiger partial charge in [-0.25, -0.2) is 0 Å². The van der Waals surface area contributed by atoms with E-state index in [1.54, 1.807) is 29.2 Å². The van der Waals surface area contributed by atoms with Gasteiger partial charge in [0.2, 0.25) is 11.8 Å². The molecule has 1 aliphatic rings. The van der Waals surface area contributed by atoms with Crippen LogP contribution in [-0.2, 0) is 16.0 Å². The predicted octanol–water partition coefficient (Wildman–Crippen LogP) is 6.12. The first-order chi connectivity index (χ1) is 18.0. The van der Waals surface area contributed by atoms with Crippen LogP contribution < -0.4 is 15.0 Å². The third-order valence-corrected chi connectivity index (χ3v) is 7.55. The smallest absolute Gasteiger partial charge is 0.248 e. The van der Waals surface area contributed by atoms with E-state index in [0.717, 1.165) is 30.6 Å². The highest BCUT2D eigenvalue weighted by Crippen LogP contribution is 2.32. The van der Waals surface area contributed by atoms with Crippen molar-refractivity contribution >= 4 is 34.6 Å². The minimum absolute atomic E-state index is 0.0873. The molecule has 1 aliphatic carbocycles. The molecule has 0 aliphatic heterocycles. The van der Waals surface area contributed by atoms with Gasteiger partial charge in [0.1, 0.15) is 11.8 Å². The van der Waals surface area contributed by atoms with Gasteiger partial charge < -0.3 is 10.1 Å². The summed E-state index contributed by atoms with van der Waals surface area (Å²) in [5, 5.41) is 5.16. The minimum Gasteiger partial charge on any atom is -0.494 e. The predicted molar refractivity (Wildman–Crippen MR) is 147 cm³/mol. The fourth-order valence-corrected chi connectivity index (χ4v) is 5.51. The number of amides is 2.